The molecular formula is C12H10N2O3. The lowest BCUT2D eigenvalue weighted by molar-refractivity contribution is 0.0591. The van der Waals surface area contributed by atoms with Crippen LogP contribution in [0.25, 0.3) is 11.3 Å². The van der Waals surface area contributed by atoms with Crippen molar-refractivity contribution in [3.8, 4) is 11.3 Å². The van der Waals surface area contributed by atoms with E-state index >= 15 is 0 Å². The summed E-state index contributed by atoms with van der Waals surface area (Å²) in [4.78, 5) is 22.4. The summed E-state index contributed by atoms with van der Waals surface area (Å²) < 4.78 is 4.56. The standard InChI is InChI=1S/C12H10N2O3/c1-17-12(16)11-9(7-15)10(13-14-11)8-5-3-2-4-6-8/h2-7H,1H3,(H,13,14). The van der Waals surface area contributed by atoms with Gasteiger partial charge in [-0.3, -0.25) is 9.89 Å². The van der Waals surface area contributed by atoms with Crippen molar-refractivity contribution in [2.24, 2.45) is 0 Å². The number of H-pyrrole nitrogens is 1. The fraction of sp³-hybridized carbons (Fsp3) is 0.0833. The van der Waals surface area contributed by atoms with Gasteiger partial charge in [-0.15, -0.1) is 0 Å². The number of methoxy groups -OCH3 is 1. The number of hydrogen-bond donors (Lipinski definition) is 1. The van der Waals surface area contributed by atoms with Crippen molar-refractivity contribution in [1.29, 1.82) is 0 Å². The van der Waals surface area contributed by atoms with E-state index in [1.54, 1.807) is 0 Å². The topological polar surface area (TPSA) is 72.1 Å². The van der Waals surface area contributed by atoms with Crippen molar-refractivity contribution in [2.75, 3.05) is 7.11 Å². The number of rotatable bonds is 3. The molecule has 0 aliphatic rings. The number of aromatic nitrogens is 2. The van der Waals surface area contributed by atoms with Gasteiger partial charge in [0.1, 0.15) is 5.69 Å². The van der Waals surface area contributed by atoms with Crippen molar-refractivity contribution in [3.63, 3.8) is 0 Å². The van der Waals surface area contributed by atoms with Crippen LogP contribution in [0.5, 0.6) is 0 Å². The highest BCUT2D eigenvalue weighted by Crippen LogP contribution is 2.22. The molecule has 0 fully saturated rings. The quantitative estimate of drug-likeness (QED) is 0.643. The van der Waals surface area contributed by atoms with E-state index in [0.717, 1.165) is 5.56 Å². The second-order valence-corrected chi connectivity index (χ2v) is 3.34. The summed E-state index contributed by atoms with van der Waals surface area (Å²) in [7, 11) is 1.25. The van der Waals surface area contributed by atoms with Crippen molar-refractivity contribution in [2.45, 2.75) is 0 Å². The molecular weight excluding hydrogens is 220 g/mol. The zero-order chi connectivity index (χ0) is 12.3. The van der Waals surface area contributed by atoms with Crippen LogP contribution in [0.3, 0.4) is 0 Å². The van der Waals surface area contributed by atoms with E-state index in [1.807, 2.05) is 30.3 Å². The predicted octanol–water partition coefficient (Wildman–Crippen LogP) is 1.68. The Hall–Kier alpha value is -2.43. The van der Waals surface area contributed by atoms with Crippen LogP contribution in [0, 0.1) is 0 Å². The third-order valence-corrected chi connectivity index (χ3v) is 2.36. The molecule has 5 nitrogen and oxygen atoms in total. The number of benzene rings is 1. The maximum Gasteiger partial charge on any atom is 0.356 e. The molecule has 0 atom stereocenters. The molecule has 0 saturated heterocycles. The Labute approximate surface area is 97.4 Å². The highest BCUT2D eigenvalue weighted by molar-refractivity contribution is 6.00. The Morgan fingerprint density at radius 1 is 1.35 bits per heavy atom. The Balaban J connectivity index is 2.54. The zero-order valence-corrected chi connectivity index (χ0v) is 9.14. The highest BCUT2D eigenvalue weighted by atomic mass is 16.5. The van der Waals surface area contributed by atoms with Crippen molar-refractivity contribution in [3.05, 3.63) is 41.6 Å². The lowest BCUT2D eigenvalue weighted by Crippen LogP contribution is -2.04. The van der Waals surface area contributed by atoms with Gasteiger partial charge in [0.05, 0.1) is 12.7 Å². The monoisotopic (exact) mass is 230 g/mol. The molecule has 17 heavy (non-hydrogen) atoms. The number of carbonyl (C=O) groups is 2. The molecule has 0 amide bonds. The predicted molar refractivity (Wildman–Crippen MR) is 60.8 cm³/mol. The largest absolute Gasteiger partial charge is 0.464 e. The normalized spacial score (nSPS) is 9.94. The van der Waals surface area contributed by atoms with Gasteiger partial charge in [-0.1, -0.05) is 30.3 Å². The number of carbonyl (C=O) groups excluding carboxylic acids is 2. The summed E-state index contributed by atoms with van der Waals surface area (Å²) in [6.07, 6.45) is 0.595. The Bertz CT molecular complexity index is 546. The van der Waals surface area contributed by atoms with Gasteiger partial charge in [-0.2, -0.15) is 5.10 Å². The van der Waals surface area contributed by atoms with Crippen LogP contribution in [0.4, 0.5) is 0 Å². The van der Waals surface area contributed by atoms with Gasteiger partial charge < -0.3 is 4.74 Å². The van der Waals surface area contributed by atoms with E-state index in [1.165, 1.54) is 7.11 Å². The van der Waals surface area contributed by atoms with Gasteiger partial charge in [-0.05, 0) is 0 Å². The fourth-order valence-electron chi connectivity index (χ4n) is 1.54. The second kappa shape index (κ2) is 4.61. The molecule has 5 heteroatoms. The maximum atomic E-state index is 11.4. The van der Waals surface area contributed by atoms with E-state index in [2.05, 4.69) is 14.9 Å². The smallest absolute Gasteiger partial charge is 0.356 e. The van der Waals surface area contributed by atoms with Gasteiger partial charge in [0.2, 0.25) is 0 Å². The molecule has 0 aliphatic heterocycles. The Kier molecular flexibility index (Phi) is 3.00. The summed E-state index contributed by atoms with van der Waals surface area (Å²) >= 11 is 0. The zero-order valence-electron chi connectivity index (χ0n) is 9.14. The van der Waals surface area contributed by atoms with Gasteiger partial charge in [-0.25, -0.2) is 4.79 Å². The summed E-state index contributed by atoms with van der Waals surface area (Å²) in [6.45, 7) is 0. The first-order valence-corrected chi connectivity index (χ1v) is 4.95. The third kappa shape index (κ3) is 1.94. The molecule has 1 N–H and O–H groups in total. The molecule has 1 aromatic carbocycles. The fourth-order valence-corrected chi connectivity index (χ4v) is 1.54. The molecule has 2 rings (SSSR count). The maximum absolute atomic E-state index is 11.4. The minimum absolute atomic E-state index is 0.0707. The first-order valence-electron chi connectivity index (χ1n) is 4.95. The number of esters is 1. The lowest BCUT2D eigenvalue weighted by atomic mass is 10.1. The number of nitrogens with one attached hydrogen (secondary N) is 1. The molecule has 0 bridgehead atoms. The molecule has 0 unspecified atom stereocenters. The van der Waals surface area contributed by atoms with E-state index < -0.39 is 5.97 Å². The van der Waals surface area contributed by atoms with Crippen LogP contribution in [0.2, 0.25) is 0 Å². The van der Waals surface area contributed by atoms with E-state index in [-0.39, 0.29) is 11.3 Å². The van der Waals surface area contributed by atoms with Crippen molar-refractivity contribution in [1.82, 2.24) is 10.2 Å². The molecule has 2 aromatic rings. The van der Waals surface area contributed by atoms with Gasteiger partial charge in [0, 0.05) is 5.56 Å². The Morgan fingerprint density at radius 2 is 2.06 bits per heavy atom. The SMILES string of the molecule is COC(=O)c1[nH]nc(-c2ccccc2)c1C=O. The van der Waals surface area contributed by atoms with Crippen LogP contribution < -0.4 is 0 Å². The second-order valence-electron chi connectivity index (χ2n) is 3.34. The number of ether oxygens (including phenoxy) is 1. The van der Waals surface area contributed by atoms with Crippen LogP contribution >= 0.6 is 0 Å². The van der Waals surface area contributed by atoms with Crippen LogP contribution in [-0.4, -0.2) is 29.6 Å². The minimum Gasteiger partial charge on any atom is -0.464 e. The van der Waals surface area contributed by atoms with Crippen LogP contribution in [0.1, 0.15) is 20.8 Å². The molecule has 0 saturated carbocycles. The number of hydrogen-bond acceptors (Lipinski definition) is 4. The van der Waals surface area contributed by atoms with E-state index in [0.29, 0.717) is 12.0 Å². The summed E-state index contributed by atoms with van der Waals surface area (Å²) in [6, 6.07) is 9.14. The van der Waals surface area contributed by atoms with Gasteiger partial charge in [0.15, 0.2) is 12.0 Å². The summed E-state index contributed by atoms with van der Waals surface area (Å²) in [5.74, 6) is -0.609. The third-order valence-electron chi connectivity index (χ3n) is 2.36. The van der Waals surface area contributed by atoms with Gasteiger partial charge in [0.25, 0.3) is 0 Å². The molecule has 0 radical (unpaired) electrons. The molecule has 86 valence electrons. The molecule has 0 spiro atoms. The average molecular weight is 230 g/mol. The first kappa shape index (κ1) is 11.1. The molecule has 1 heterocycles. The number of aldehydes is 1. The summed E-state index contributed by atoms with van der Waals surface area (Å²) in [5.41, 5.74) is 1.49. The van der Waals surface area contributed by atoms with Crippen LogP contribution in [-0.2, 0) is 4.74 Å². The molecule has 0 aliphatic carbocycles. The average Bonchev–Trinajstić information content (AvgIpc) is 2.82. The minimum atomic E-state index is -0.609. The van der Waals surface area contributed by atoms with E-state index in [9.17, 15) is 9.59 Å². The lowest BCUT2D eigenvalue weighted by Gasteiger charge is -1.98. The number of aromatic amines is 1. The summed E-state index contributed by atoms with van der Waals surface area (Å²) in [5, 5.41) is 6.49. The van der Waals surface area contributed by atoms with E-state index in [4.69, 9.17) is 0 Å². The van der Waals surface area contributed by atoms with Crippen molar-refractivity contribution >= 4 is 12.3 Å². The van der Waals surface area contributed by atoms with Gasteiger partial charge >= 0.3 is 5.97 Å². The molecule has 1 aromatic heterocycles. The van der Waals surface area contributed by atoms with Crippen molar-refractivity contribution < 1.29 is 14.3 Å². The van der Waals surface area contributed by atoms with Crippen LogP contribution in [0.15, 0.2) is 30.3 Å². The highest BCUT2D eigenvalue weighted by Gasteiger charge is 2.19. The first-order chi connectivity index (χ1) is 8.27. The number of nitrogens with zero attached hydrogens (tertiary/aromatic N) is 1. The Morgan fingerprint density at radius 3 is 2.65 bits per heavy atom.